The largest absolute Gasteiger partial charge is 0.515 e. The third kappa shape index (κ3) is 2.11. The summed E-state index contributed by atoms with van der Waals surface area (Å²) in [7, 11) is 0. The van der Waals surface area contributed by atoms with E-state index in [2.05, 4.69) is 9.72 Å². The minimum atomic E-state index is -0.916. The molecule has 1 aromatic carbocycles. The van der Waals surface area contributed by atoms with Crippen LogP contribution in [-0.4, -0.2) is 17.7 Å². The maximum Gasteiger partial charge on any atom is 0.515 e. The first-order valence-electron chi connectivity index (χ1n) is 5.21. The van der Waals surface area contributed by atoms with Gasteiger partial charge in [-0.25, -0.2) is 9.18 Å². The van der Waals surface area contributed by atoms with Gasteiger partial charge in [0, 0.05) is 10.9 Å². The molecule has 0 fully saturated rings. The van der Waals surface area contributed by atoms with Crippen LogP contribution in [0.3, 0.4) is 0 Å². The van der Waals surface area contributed by atoms with Crippen LogP contribution < -0.4 is 4.74 Å². The highest BCUT2D eigenvalue weighted by Gasteiger charge is 2.16. The van der Waals surface area contributed by atoms with Crippen molar-refractivity contribution in [1.82, 2.24) is 4.98 Å². The predicted octanol–water partition coefficient (Wildman–Crippen LogP) is 2.71. The van der Waals surface area contributed by atoms with E-state index in [1.165, 1.54) is 18.2 Å². The average molecular weight is 248 g/mol. The topological polar surface area (TPSA) is 75.1 Å². The number of ether oxygens (including phenoxy) is 2. The van der Waals surface area contributed by atoms with Gasteiger partial charge >= 0.3 is 6.16 Å². The minimum absolute atomic E-state index is 0.0449. The van der Waals surface area contributed by atoms with Crippen molar-refractivity contribution in [2.24, 2.45) is 0 Å². The molecule has 0 saturated heterocycles. The zero-order valence-electron chi connectivity index (χ0n) is 9.49. The Bertz CT molecular complexity index is 643. The van der Waals surface area contributed by atoms with Crippen molar-refractivity contribution >= 4 is 17.1 Å². The maximum atomic E-state index is 13.1. The maximum absolute atomic E-state index is 13.1. The first-order chi connectivity index (χ1) is 8.65. The van der Waals surface area contributed by atoms with Gasteiger partial charge in [-0.2, -0.15) is 5.26 Å². The average Bonchev–Trinajstić information content (AvgIpc) is 2.65. The van der Waals surface area contributed by atoms with Crippen LogP contribution in [0.5, 0.6) is 5.88 Å². The molecule has 5 nitrogen and oxygen atoms in total. The van der Waals surface area contributed by atoms with Crippen LogP contribution in [0.2, 0.25) is 0 Å². The minimum Gasteiger partial charge on any atom is -0.434 e. The molecule has 0 atom stereocenters. The zero-order chi connectivity index (χ0) is 13.1. The molecular formula is C12H9FN2O3. The standard InChI is InChI=1S/C12H9FN2O3/c1-2-17-12(16)18-11-9(6-14)8-5-7(13)3-4-10(8)15-11/h3-5,15H,2H2,1H3. The summed E-state index contributed by atoms with van der Waals surface area (Å²) in [5, 5.41) is 9.37. The van der Waals surface area contributed by atoms with E-state index in [4.69, 9.17) is 10.00 Å². The van der Waals surface area contributed by atoms with Crippen molar-refractivity contribution in [3.05, 3.63) is 29.6 Å². The molecular weight excluding hydrogens is 239 g/mol. The molecule has 1 heterocycles. The van der Waals surface area contributed by atoms with E-state index in [1.54, 1.807) is 6.92 Å². The van der Waals surface area contributed by atoms with Gasteiger partial charge in [0.15, 0.2) is 0 Å². The summed E-state index contributed by atoms with van der Waals surface area (Å²) in [4.78, 5) is 13.9. The second-order valence-corrected chi connectivity index (χ2v) is 3.42. The number of hydrogen-bond donors (Lipinski definition) is 1. The number of nitrogens with one attached hydrogen (secondary N) is 1. The fourth-order valence-electron chi connectivity index (χ4n) is 1.56. The number of rotatable bonds is 2. The second-order valence-electron chi connectivity index (χ2n) is 3.42. The van der Waals surface area contributed by atoms with Gasteiger partial charge < -0.3 is 14.5 Å². The first-order valence-corrected chi connectivity index (χ1v) is 5.21. The molecule has 18 heavy (non-hydrogen) atoms. The molecule has 0 unspecified atom stereocenters. The van der Waals surface area contributed by atoms with Crippen molar-refractivity contribution in [1.29, 1.82) is 5.26 Å². The van der Waals surface area contributed by atoms with E-state index < -0.39 is 12.0 Å². The SMILES string of the molecule is CCOC(=O)Oc1[nH]c2ccc(F)cc2c1C#N. The molecule has 1 N–H and O–H groups in total. The summed E-state index contributed by atoms with van der Waals surface area (Å²) >= 11 is 0. The van der Waals surface area contributed by atoms with Gasteiger partial charge in [-0.3, -0.25) is 0 Å². The molecule has 0 spiro atoms. The summed E-state index contributed by atoms with van der Waals surface area (Å²) in [6, 6.07) is 5.77. The van der Waals surface area contributed by atoms with Crippen molar-refractivity contribution in [3.63, 3.8) is 0 Å². The molecule has 0 aliphatic rings. The molecule has 2 aromatic rings. The Morgan fingerprint density at radius 1 is 1.56 bits per heavy atom. The van der Waals surface area contributed by atoms with Gasteiger partial charge in [-0.1, -0.05) is 0 Å². The van der Waals surface area contributed by atoms with Gasteiger partial charge in [-0.05, 0) is 25.1 Å². The normalized spacial score (nSPS) is 10.1. The summed E-state index contributed by atoms with van der Waals surface area (Å²) in [5.74, 6) is -0.516. The van der Waals surface area contributed by atoms with Gasteiger partial charge in [0.2, 0.25) is 5.88 Å². The molecule has 0 radical (unpaired) electrons. The molecule has 6 heteroatoms. The molecule has 92 valence electrons. The molecule has 0 saturated carbocycles. The molecule has 0 bridgehead atoms. The molecule has 0 aliphatic carbocycles. The van der Waals surface area contributed by atoms with Crippen molar-refractivity contribution in [2.75, 3.05) is 6.61 Å². The molecule has 0 amide bonds. The van der Waals surface area contributed by atoms with E-state index in [0.29, 0.717) is 10.9 Å². The molecule has 0 aliphatic heterocycles. The van der Waals surface area contributed by atoms with Crippen LogP contribution >= 0.6 is 0 Å². The van der Waals surface area contributed by atoms with Crippen molar-refractivity contribution in [3.8, 4) is 11.9 Å². The van der Waals surface area contributed by atoms with E-state index >= 15 is 0 Å². The lowest BCUT2D eigenvalue weighted by atomic mass is 10.2. The Balaban J connectivity index is 2.45. The van der Waals surface area contributed by atoms with Crippen LogP contribution in [0.4, 0.5) is 9.18 Å². The van der Waals surface area contributed by atoms with Crippen LogP contribution in [0.15, 0.2) is 18.2 Å². The van der Waals surface area contributed by atoms with E-state index in [9.17, 15) is 9.18 Å². The number of carbonyl (C=O) groups excluding carboxylic acids is 1. The third-order valence-electron chi connectivity index (χ3n) is 2.29. The van der Waals surface area contributed by atoms with Gasteiger partial charge in [0.05, 0.1) is 6.61 Å². The molecule has 1 aromatic heterocycles. The Morgan fingerprint density at radius 2 is 2.33 bits per heavy atom. The first kappa shape index (κ1) is 11.9. The lowest BCUT2D eigenvalue weighted by molar-refractivity contribution is 0.103. The number of benzene rings is 1. The number of nitrogens with zero attached hydrogens (tertiary/aromatic N) is 1. The predicted molar refractivity (Wildman–Crippen MR) is 60.6 cm³/mol. The van der Waals surface area contributed by atoms with Crippen molar-refractivity contribution < 1.29 is 18.7 Å². The number of H-pyrrole nitrogens is 1. The highest BCUT2D eigenvalue weighted by Crippen LogP contribution is 2.28. The van der Waals surface area contributed by atoms with E-state index in [0.717, 1.165) is 0 Å². The summed E-state index contributed by atoms with van der Waals surface area (Å²) in [6.45, 7) is 1.79. The van der Waals surface area contributed by atoms with Crippen molar-refractivity contribution in [2.45, 2.75) is 6.92 Å². The number of nitriles is 1. The lowest BCUT2D eigenvalue weighted by Gasteiger charge is -2.01. The highest BCUT2D eigenvalue weighted by atomic mass is 19.1. The van der Waals surface area contributed by atoms with Gasteiger partial charge in [-0.15, -0.1) is 0 Å². The fourth-order valence-corrected chi connectivity index (χ4v) is 1.56. The quantitative estimate of drug-likeness (QED) is 0.829. The number of aromatic nitrogens is 1. The fraction of sp³-hybridized carbons (Fsp3) is 0.167. The number of fused-ring (bicyclic) bond motifs is 1. The Labute approximate surface area is 102 Å². The van der Waals surface area contributed by atoms with Crippen LogP contribution in [-0.2, 0) is 4.74 Å². The summed E-state index contributed by atoms with van der Waals surface area (Å²) in [5.41, 5.74) is 0.574. The third-order valence-corrected chi connectivity index (χ3v) is 2.29. The summed E-state index contributed by atoms with van der Waals surface area (Å²) in [6.07, 6.45) is -0.916. The zero-order valence-corrected chi connectivity index (χ0v) is 9.49. The number of aromatic amines is 1. The van der Waals surface area contributed by atoms with Crippen LogP contribution in [0.25, 0.3) is 10.9 Å². The highest BCUT2D eigenvalue weighted by molar-refractivity contribution is 5.89. The van der Waals surface area contributed by atoms with E-state index in [-0.39, 0.29) is 18.1 Å². The monoisotopic (exact) mass is 248 g/mol. The van der Waals surface area contributed by atoms with E-state index in [1.807, 2.05) is 6.07 Å². The van der Waals surface area contributed by atoms with Gasteiger partial charge in [0.25, 0.3) is 0 Å². The number of halogens is 1. The number of hydrogen-bond acceptors (Lipinski definition) is 4. The number of carbonyl (C=O) groups is 1. The Kier molecular flexibility index (Phi) is 3.15. The Hall–Kier alpha value is -2.55. The van der Waals surface area contributed by atoms with Gasteiger partial charge in [0.1, 0.15) is 17.4 Å². The second kappa shape index (κ2) is 4.75. The smallest absolute Gasteiger partial charge is 0.434 e. The lowest BCUT2D eigenvalue weighted by Crippen LogP contribution is -2.10. The van der Waals surface area contributed by atoms with Crippen LogP contribution in [0.1, 0.15) is 12.5 Å². The summed E-state index contributed by atoms with van der Waals surface area (Å²) < 4.78 is 22.5. The Morgan fingerprint density at radius 3 is 3.00 bits per heavy atom. The molecule has 2 rings (SSSR count). The van der Waals surface area contributed by atoms with Crippen LogP contribution in [0, 0.1) is 17.1 Å².